The summed E-state index contributed by atoms with van der Waals surface area (Å²) in [4.78, 5) is 12.5. The number of hydrogen-bond acceptors (Lipinski definition) is 7. The summed E-state index contributed by atoms with van der Waals surface area (Å²) in [6.07, 6.45) is 3.37. The lowest BCUT2D eigenvalue weighted by molar-refractivity contribution is 0.0592. The zero-order chi connectivity index (χ0) is 17.4. The third-order valence-electron chi connectivity index (χ3n) is 4.05. The monoisotopic (exact) mass is 361 g/mol. The summed E-state index contributed by atoms with van der Waals surface area (Å²) < 4.78 is 12.7. The van der Waals surface area contributed by atoms with Crippen molar-refractivity contribution in [3.63, 3.8) is 0 Å². The first-order valence-electron chi connectivity index (χ1n) is 7.81. The van der Waals surface area contributed by atoms with Gasteiger partial charge >= 0.3 is 6.01 Å². The number of halogens is 1. The van der Waals surface area contributed by atoms with Crippen molar-refractivity contribution in [3.05, 3.63) is 29.5 Å². The molecule has 1 saturated heterocycles. The van der Waals surface area contributed by atoms with Gasteiger partial charge in [-0.2, -0.15) is 9.97 Å². The standard InChI is InChI=1S/C16H16ClN5O3/c1-24-9-4-5-10(17)11(7-9)19-14-13-15(21-16(23)20-14)22(8-18-13)12-3-2-6-25-12/h4-5,7-8,12H,2-3,6H2,1H3,(H2,19,20,21,23). The molecule has 1 aliphatic heterocycles. The van der Waals surface area contributed by atoms with E-state index in [0.717, 1.165) is 12.8 Å². The molecule has 4 rings (SSSR count). The summed E-state index contributed by atoms with van der Waals surface area (Å²) in [6, 6.07) is 4.86. The van der Waals surface area contributed by atoms with Gasteiger partial charge in [0, 0.05) is 12.7 Å². The van der Waals surface area contributed by atoms with Gasteiger partial charge in [-0.05, 0) is 25.0 Å². The highest BCUT2D eigenvalue weighted by molar-refractivity contribution is 6.33. The average molecular weight is 362 g/mol. The van der Waals surface area contributed by atoms with Crippen LogP contribution in [0.5, 0.6) is 11.8 Å². The number of nitrogens with one attached hydrogen (secondary N) is 1. The van der Waals surface area contributed by atoms with E-state index in [0.29, 0.717) is 40.0 Å². The Bertz CT molecular complexity index is 924. The van der Waals surface area contributed by atoms with Gasteiger partial charge in [0.1, 0.15) is 12.0 Å². The fraction of sp³-hybridized carbons (Fsp3) is 0.312. The molecule has 1 fully saturated rings. The van der Waals surface area contributed by atoms with Crippen LogP contribution >= 0.6 is 11.6 Å². The summed E-state index contributed by atoms with van der Waals surface area (Å²) in [5.74, 6) is 1.00. The van der Waals surface area contributed by atoms with Gasteiger partial charge in [0.05, 0.1) is 24.1 Å². The van der Waals surface area contributed by atoms with Crippen LogP contribution in [0.2, 0.25) is 5.02 Å². The molecular formula is C16H16ClN5O3. The molecule has 0 aliphatic carbocycles. The van der Waals surface area contributed by atoms with Gasteiger partial charge in [-0.25, -0.2) is 4.98 Å². The molecule has 1 aromatic carbocycles. The molecule has 0 radical (unpaired) electrons. The van der Waals surface area contributed by atoms with E-state index in [1.165, 1.54) is 0 Å². The molecule has 25 heavy (non-hydrogen) atoms. The van der Waals surface area contributed by atoms with Crippen LogP contribution in [-0.4, -0.2) is 38.3 Å². The maximum absolute atomic E-state index is 9.94. The first-order chi connectivity index (χ1) is 12.2. The van der Waals surface area contributed by atoms with E-state index in [1.54, 1.807) is 31.6 Å². The predicted octanol–water partition coefficient (Wildman–Crippen LogP) is 3.25. The van der Waals surface area contributed by atoms with Crippen molar-refractivity contribution in [2.24, 2.45) is 0 Å². The average Bonchev–Trinajstić information content (AvgIpc) is 3.25. The van der Waals surface area contributed by atoms with Crippen LogP contribution in [0.3, 0.4) is 0 Å². The van der Waals surface area contributed by atoms with E-state index >= 15 is 0 Å². The first-order valence-corrected chi connectivity index (χ1v) is 8.19. The van der Waals surface area contributed by atoms with Gasteiger partial charge in [0.15, 0.2) is 17.0 Å². The summed E-state index contributed by atoms with van der Waals surface area (Å²) in [6.45, 7) is 0.700. The number of benzene rings is 1. The molecule has 0 bridgehead atoms. The van der Waals surface area contributed by atoms with Crippen molar-refractivity contribution < 1.29 is 14.6 Å². The Kier molecular flexibility index (Phi) is 4.06. The maximum Gasteiger partial charge on any atom is 0.318 e. The molecule has 1 unspecified atom stereocenters. The minimum absolute atomic E-state index is 0.132. The Hall–Kier alpha value is -2.58. The number of methoxy groups -OCH3 is 1. The van der Waals surface area contributed by atoms with Crippen molar-refractivity contribution in [3.8, 4) is 11.8 Å². The number of aromatic nitrogens is 4. The molecule has 0 spiro atoms. The van der Waals surface area contributed by atoms with Crippen molar-refractivity contribution >= 4 is 34.3 Å². The van der Waals surface area contributed by atoms with Crippen LogP contribution in [0.25, 0.3) is 11.2 Å². The number of aromatic hydroxyl groups is 1. The summed E-state index contributed by atoms with van der Waals surface area (Å²) in [5, 5.41) is 13.5. The third-order valence-corrected chi connectivity index (χ3v) is 4.38. The minimum atomic E-state index is -0.353. The molecule has 9 heteroatoms. The maximum atomic E-state index is 9.94. The Labute approximate surface area is 148 Å². The lowest BCUT2D eigenvalue weighted by Crippen LogP contribution is -2.07. The van der Waals surface area contributed by atoms with Crippen LogP contribution in [0.15, 0.2) is 24.5 Å². The minimum Gasteiger partial charge on any atom is -0.497 e. The second-order valence-electron chi connectivity index (χ2n) is 5.63. The Morgan fingerprint density at radius 3 is 3.04 bits per heavy atom. The quantitative estimate of drug-likeness (QED) is 0.736. The van der Waals surface area contributed by atoms with Crippen molar-refractivity contribution in [1.29, 1.82) is 0 Å². The number of hydrogen-bond donors (Lipinski definition) is 2. The van der Waals surface area contributed by atoms with Crippen LogP contribution in [-0.2, 0) is 4.74 Å². The molecule has 130 valence electrons. The SMILES string of the molecule is COc1ccc(Cl)c(Nc2nc(O)nc3c2ncn3C2CCCO2)c1. The summed E-state index contributed by atoms with van der Waals surface area (Å²) in [7, 11) is 1.57. The van der Waals surface area contributed by atoms with Gasteiger partial charge in [-0.1, -0.05) is 11.6 Å². The zero-order valence-corrected chi connectivity index (χ0v) is 14.2. The first kappa shape index (κ1) is 15.9. The van der Waals surface area contributed by atoms with E-state index in [9.17, 15) is 5.11 Å². The molecule has 3 aromatic rings. The van der Waals surface area contributed by atoms with Gasteiger partial charge in [0.25, 0.3) is 0 Å². The van der Waals surface area contributed by atoms with Gasteiger partial charge in [-0.15, -0.1) is 0 Å². The topological polar surface area (TPSA) is 94.3 Å². The highest BCUT2D eigenvalue weighted by atomic mass is 35.5. The van der Waals surface area contributed by atoms with E-state index < -0.39 is 0 Å². The van der Waals surface area contributed by atoms with Crippen molar-refractivity contribution in [2.45, 2.75) is 19.1 Å². The van der Waals surface area contributed by atoms with E-state index in [2.05, 4.69) is 20.3 Å². The molecule has 1 atom stereocenters. The molecular weight excluding hydrogens is 346 g/mol. The van der Waals surface area contributed by atoms with Gasteiger partial charge < -0.3 is 19.9 Å². The number of ether oxygens (including phenoxy) is 2. The molecule has 1 aliphatic rings. The molecule has 8 nitrogen and oxygen atoms in total. The van der Waals surface area contributed by atoms with E-state index in [4.69, 9.17) is 21.1 Å². The van der Waals surface area contributed by atoms with Crippen LogP contribution in [0, 0.1) is 0 Å². The second kappa shape index (κ2) is 6.38. The molecule has 3 heterocycles. The third kappa shape index (κ3) is 2.94. The fourth-order valence-corrected chi connectivity index (χ4v) is 3.00. The number of anilines is 2. The Morgan fingerprint density at radius 1 is 1.40 bits per heavy atom. The lowest BCUT2D eigenvalue weighted by Gasteiger charge is -2.12. The van der Waals surface area contributed by atoms with Crippen LogP contribution < -0.4 is 10.1 Å². The Balaban J connectivity index is 1.77. The second-order valence-corrected chi connectivity index (χ2v) is 6.04. The summed E-state index contributed by atoms with van der Waals surface area (Å²) >= 11 is 6.23. The number of nitrogens with zero attached hydrogens (tertiary/aromatic N) is 4. The van der Waals surface area contributed by atoms with Crippen LogP contribution in [0.4, 0.5) is 11.5 Å². The van der Waals surface area contributed by atoms with Crippen molar-refractivity contribution in [1.82, 2.24) is 19.5 Å². The summed E-state index contributed by atoms with van der Waals surface area (Å²) in [5.41, 5.74) is 1.61. The van der Waals surface area contributed by atoms with Gasteiger partial charge in [-0.3, -0.25) is 4.57 Å². The van der Waals surface area contributed by atoms with E-state index in [-0.39, 0.29) is 12.2 Å². The normalized spacial score (nSPS) is 17.1. The number of imidazole rings is 1. The molecule has 2 aromatic heterocycles. The predicted molar refractivity (Wildman–Crippen MR) is 92.5 cm³/mol. The molecule has 0 saturated carbocycles. The zero-order valence-electron chi connectivity index (χ0n) is 13.4. The highest BCUT2D eigenvalue weighted by Crippen LogP contribution is 2.33. The fourth-order valence-electron chi connectivity index (χ4n) is 2.84. The van der Waals surface area contributed by atoms with Crippen molar-refractivity contribution in [2.75, 3.05) is 19.0 Å². The largest absolute Gasteiger partial charge is 0.497 e. The van der Waals surface area contributed by atoms with E-state index in [1.807, 2.05) is 4.57 Å². The number of rotatable bonds is 4. The molecule has 0 amide bonds. The Morgan fingerprint density at radius 2 is 2.28 bits per heavy atom. The van der Waals surface area contributed by atoms with Crippen LogP contribution in [0.1, 0.15) is 19.1 Å². The number of fused-ring (bicyclic) bond motifs is 1. The molecule has 2 N–H and O–H groups in total. The lowest BCUT2D eigenvalue weighted by atomic mass is 10.3. The smallest absolute Gasteiger partial charge is 0.318 e. The van der Waals surface area contributed by atoms with Gasteiger partial charge in [0.2, 0.25) is 0 Å². The highest BCUT2D eigenvalue weighted by Gasteiger charge is 2.22.